The number of anilines is 3. The van der Waals surface area contributed by atoms with Crippen LogP contribution in [-0.2, 0) is 4.74 Å². The molecule has 0 aliphatic rings. The van der Waals surface area contributed by atoms with E-state index in [-0.39, 0.29) is 5.69 Å². The van der Waals surface area contributed by atoms with Crippen molar-refractivity contribution < 1.29 is 9.53 Å². The van der Waals surface area contributed by atoms with Crippen molar-refractivity contribution in [3.63, 3.8) is 0 Å². The van der Waals surface area contributed by atoms with Crippen molar-refractivity contribution in [3.05, 3.63) is 47.7 Å². The van der Waals surface area contributed by atoms with E-state index in [9.17, 15) is 4.79 Å². The summed E-state index contributed by atoms with van der Waals surface area (Å²) in [4.78, 5) is 17.7. The molecule has 1 heterocycles. The number of aromatic nitrogens is 1. The number of esters is 1. The maximum absolute atomic E-state index is 11.6. The van der Waals surface area contributed by atoms with E-state index in [1.54, 1.807) is 12.1 Å². The Labute approximate surface area is 118 Å². The Balaban J connectivity index is 2.46. The number of carbonyl (C=O) groups is 1. The molecule has 5 nitrogen and oxygen atoms in total. The van der Waals surface area contributed by atoms with Crippen molar-refractivity contribution in [2.75, 3.05) is 24.8 Å². The highest BCUT2D eigenvalue weighted by Crippen LogP contribution is 2.29. The monoisotopic (exact) mass is 271 g/mol. The molecule has 0 unspecified atom stereocenters. The molecule has 0 fully saturated rings. The van der Waals surface area contributed by atoms with Crippen molar-refractivity contribution in [2.45, 2.75) is 6.92 Å². The van der Waals surface area contributed by atoms with Gasteiger partial charge in [0, 0.05) is 12.7 Å². The van der Waals surface area contributed by atoms with Crippen LogP contribution >= 0.6 is 0 Å². The molecular weight excluding hydrogens is 254 g/mol. The maximum atomic E-state index is 11.6. The van der Waals surface area contributed by atoms with Crippen LogP contribution in [0, 0.1) is 6.92 Å². The van der Waals surface area contributed by atoms with E-state index in [4.69, 9.17) is 5.73 Å². The summed E-state index contributed by atoms with van der Waals surface area (Å²) in [5.41, 5.74) is 8.78. The average Bonchev–Trinajstić information content (AvgIpc) is 2.46. The zero-order valence-electron chi connectivity index (χ0n) is 11.8. The summed E-state index contributed by atoms with van der Waals surface area (Å²) in [6.45, 7) is 2.01. The fourth-order valence-corrected chi connectivity index (χ4v) is 2.00. The molecule has 0 spiro atoms. The molecular formula is C15H17N3O2. The molecule has 0 bridgehead atoms. The molecule has 0 saturated carbocycles. The molecule has 5 heteroatoms. The van der Waals surface area contributed by atoms with Gasteiger partial charge in [0.05, 0.1) is 12.8 Å². The summed E-state index contributed by atoms with van der Waals surface area (Å²) in [6, 6.07) is 11.1. The number of nitrogen functional groups attached to an aromatic ring is 1. The normalized spacial score (nSPS) is 10.2. The standard InChI is InChI=1S/C15H17N3O2/c1-10-6-4-5-7-13(10)18(2)14-11(16)8-9-12(17-14)15(19)20-3/h4-9H,16H2,1-3H3. The third kappa shape index (κ3) is 2.56. The van der Waals surface area contributed by atoms with Gasteiger partial charge in [-0.2, -0.15) is 0 Å². The minimum Gasteiger partial charge on any atom is -0.464 e. The first-order valence-electron chi connectivity index (χ1n) is 6.18. The third-order valence-electron chi connectivity index (χ3n) is 3.09. The van der Waals surface area contributed by atoms with Crippen LogP contribution in [0.2, 0.25) is 0 Å². The molecule has 2 rings (SSSR count). The Kier molecular flexibility index (Phi) is 3.89. The van der Waals surface area contributed by atoms with E-state index >= 15 is 0 Å². The van der Waals surface area contributed by atoms with Crippen LogP contribution in [-0.4, -0.2) is 25.1 Å². The first-order chi connectivity index (χ1) is 9.54. The van der Waals surface area contributed by atoms with Crippen LogP contribution in [0.1, 0.15) is 16.1 Å². The number of nitrogens with zero attached hydrogens (tertiary/aromatic N) is 2. The zero-order chi connectivity index (χ0) is 14.7. The second kappa shape index (κ2) is 5.61. The number of ether oxygens (including phenoxy) is 1. The Morgan fingerprint density at radius 2 is 1.95 bits per heavy atom. The van der Waals surface area contributed by atoms with Gasteiger partial charge in [0.15, 0.2) is 11.5 Å². The molecule has 2 aromatic rings. The highest BCUT2D eigenvalue weighted by atomic mass is 16.5. The topological polar surface area (TPSA) is 68.5 Å². The number of hydrogen-bond donors (Lipinski definition) is 1. The minimum absolute atomic E-state index is 0.233. The van der Waals surface area contributed by atoms with Gasteiger partial charge in [-0.15, -0.1) is 0 Å². The molecule has 0 saturated heterocycles. The summed E-state index contributed by atoms with van der Waals surface area (Å²) in [7, 11) is 3.19. The largest absolute Gasteiger partial charge is 0.464 e. The smallest absolute Gasteiger partial charge is 0.356 e. The minimum atomic E-state index is -0.482. The van der Waals surface area contributed by atoms with Gasteiger partial charge in [0.2, 0.25) is 0 Å². The summed E-state index contributed by atoms with van der Waals surface area (Å²) < 4.78 is 4.68. The number of pyridine rings is 1. The van der Waals surface area contributed by atoms with Crippen LogP contribution in [0.15, 0.2) is 36.4 Å². The van der Waals surface area contributed by atoms with Crippen LogP contribution in [0.5, 0.6) is 0 Å². The lowest BCUT2D eigenvalue weighted by molar-refractivity contribution is 0.0594. The van der Waals surface area contributed by atoms with Gasteiger partial charge < -0.3 is 15.4 Å². The van der Waals surface area contributed by atoms with E-state index in [1.165, 1.54) is 7.11 Å². The van der Waals surface area contributed by atoms with Gasteiger partial charge in [-0.05, 0) is 30.7 Å². The molecule has 1 aromatic carbocycles. The third-order valence-corrected chi connectivity index (χ3v) is 3.09. The number of methoxy groups -OCH3 is 1. The maximum Gasteiger partial charge on any atom is 0.356 e. The van der Waals surface area contributed by atoms with E-state index in [0.717, 1.165) is 11.3 Å². The lowest BCUT2D eigenvalue weighted by Crippen LogP contribution is -2.16. The predicted octanol–water partition coefficient (Wildman–Crippen LogP) is 2.53. The zero-order valence-corrected chi connectivity index (χ0v) is 11.8. The number of hydrogen-bond acceptors (Lipinski definition) is 5. The van der Waals surface area contributed by atoms with E-state index in [1.807, 2.05) is 43.1 Å². The molecule has 20 heavy (non-hydrogen) atoms. The summed E-state index contributed by atoms with van der Waals surface area (Å²) in [5, 5.41) is 0. The lowest BCUT2D eigenvalue weighted by atomic mass is 10.2. The predicted molar refractivity (Wildman–Crippen MR) is 79.2 cm³/mol. The van der Waals surface area contributed by atoms with Gasteiger partial charge in [-0.25, -0.2) is 9.78 Å². The van der Waals surface area contributed by atoms with Crippen molar-refractivity contribution in [3.8, 4) is 0 Å². The second-order valence-corrected chi connectivity index (χ2v) is 4.45. The highest BCUT2D eigenvalue weighted by Gasteiger charge is 2.15. The Morgan fingerprint density at radius 3 is 2.60 bits per heavy atom. The van der Waals surface area contributed by atoms with Crippen LogP contribution < -0.4 is 10.6 Å². The van der Waals surface area contributed by atoms with Gasteiger partial charge in [0.1, 0.15) is 0 Å². The van der Waals surface area contributed by atoms with E-state index in [0.29, 0.717) is 11.5 Å². The van der Waals surface area contributed by atoms with Crippen LogP contribution in [0.25, 0.3) is 0 Å². The summed E-state index contributed by atoms with van der Waals surface area (Å²) in [5.74, 6) is 0.0478. The number of para-hydroxylation sites is 1. The summed E-state index contributed by atoms with van der Waals surface area (Å²) >= 11 is 0. The SMILES string of the molecule is COC(=O)c1ccc(N)c(N(C)c2ccccc2C)n1. The Morgan fingerprint density at radius 1 is 1.25 bits per heavy atom. The molecule has 1 aromatic heterocycles. The fourth-order valence-electron chi connectivity index (χ4n) is 2.00. The first-order valence-corrected chi connectivity index (χ1v) is 6.18. The number of aryl methyl sites for hydroxylation is 1. The molecule has 2 N–H and O–H groups in total. The van der Waals surface area contributed by atoms with E-state index < -0.39 is 5.97 Å². The van der Waals surface area contributed by atoms with Crippen LogP contribution in [0.3, 0.4) is 0 Å². The molecule has 104 valence electrons. The number of rotatable bonds is 3. The fraction of sp³-hybridized carbons (Fsp3) is 0.200. The quantitative estimate of drug-likeness (QED) is 0.869. The number of carbonyl (C=O) groups excluding carboxylic acids is 1. The van der Waals surface area contributed by atoms with Gasteiger partial charge in [-0.3, -0.25) is 0 Å². The highest BCUT2D eigenvalue weighted by molar-refractivity contribution is 5.89. The van der Waals surface area contributed by atoms with E-state index in [2.05, 4.69) is 9.72 Å². The van der Waals surface area contributed by atoms with Crippen molar-refractivity contribution in [1.29, 1.82) is 0 Å². The Bertz CT molecular complexity index is 641. The van der Waals surface area contributed by atoms with Gasteiger partial charge in [0.25, 0.3) is 0 Å². The molecule has 0 amide bonds. The molecule has 0 radical (unpaired) electrons. The van der Waals surface area contributed by atoms with Crippen molar-refractivity contribution >= 4 is 23.2 Å². The molecule has 0 aliphatic heterocycles. The Hall–Kier alpha value is -2.56. The summed E-state index contributed by atoms with van der Waals surface area (Å²) in [6.07, 6.45) is 0. The average molecular weight is 271 g/mol. The van der Waals surface area contributed by atoms with Gasteiger partial charge >= 0.3 is 5.97 Å². The van der Waals surface area contributed by atoms with Gasteiger partial charge in [-0.1, -0.05) is 18.2 Å². The first kappa shape index (κ1) is 13.9. The van der Waals surface area contributed by atoms with Crippen LogP contribution in [0.4, 0.5) is 17.2 Å². The molecule has 0 aliphatic carbocycles. The van der Waals surface area contributed by atoms with Crippen molar-refractivity contribution in [2.24, 2.45) is 0 Å². The molecule has 0 atom stereocenters. The van der Waals surface area contributed by atoms with Crippen molar-refractivity contribution in [1.82, 2.24) is 4.98 Å². The number of nitrogens with two attached hydrogens (primary N) is 1. The second-order valence-electron chi connectivity index (χ2n) is 4.45. The lowest BCUT2D eigenvalue weighted by Gasteiger charge is -2.22. The number of benzene rings is 1.